The molecule has 1 N–H and O–H groups in total. The maximum absolute atomic E-state index is 11.6. The molecule has 1 fully saturated rings. The van der Waals surface area contributed by atoms with Gasteiger partial charge in [-0.2, -0.15) is 0 Å². The fourth-order valence-electron chi connectivity index (χ4n) is 2.84. The fraction of sp³-hybridized carbons (Fsp3) is 0.571. The molecule has 0 aliphatic carbocycles. The number of halogens is 1. The first-order valence-corrected chi connectivity index (χ1v) is 9.24. The van der Waals surface area contributed by atoms with E-state index in [1.54, 1.807) is 0 Å². The highest BCUT2D eigenvalue weighted by Crippen LogP contribution is 2.36. The van der Waals surface area contributed by atoms with Gasteiger partial charge in [0.25, 0.3) is 0 Å². The molecule has 0 saturated carbocycles. The van der Waals surface area contributed by atoms with Gasteiger partial charge in [-0.25, -0.2) is 8.42 Å². The summed E-state index contributed by atoms with van der Waals surface area (Å²) < 4.78 is 24.2. The Hall–Kier alpha value is -0.390. The molecule has 0 amide bonds. The highest BCUT2D eigenvalue weighted by molar-refractivity contribution is 9.10. The number of hydrogen-bond donors (Lipinski definition) is 1. The van der Waals surface area contributed by atoms with E-state index in [4.69, 9.17) is 0 Å². The Morgan fingerprint density at radius 1 is 1.32 bits per heavy atom. The summed E-state index contributed by atoms with van der Waals surface area (Å²) in [6.07, 6.45) is 1.55. The first-order chi connectivity index (χ1) is 9.03. The van der Waals surface area contributed by atoms with Crippen LogP contribution in [0, 0.1) is 5.92 Å². The second-order valence-electron chi connectivity index (χ2n) is 5.17. The van der Waals surface area contributed by atoms with E-state index >= 15 is 0 Å². The van der Waals surface area contributed by atoms with Crippen LogP contribution in [0.4, 0.5) is 0 Å². The van der Waals surface area contributed by atoms with Gasteiger partial charge in [-0.05, 0) is 37.4 Å². The van der Waals surface area contributed by atoms with Crippen LogP contribution in [0.5, 0.6) is 0 Å². The lowest BCUT2D eigenvalue weighted by Gasteiger charge is -2.31. The molecule has 1 aliphatic rings. The summed E-state index contributed by atoms with van der Waals surface area (Å²) in [6.45, 7) is 0.882. The Morgan fingerprint density at radius 3 is 2.53 bits per heavy atom. The van der Waals surface area contributed by atoms with Gasteiger partial charge in [-0.3, -0.25) is 0 Å². The predicted octanol–water partition coefficient (Wildman–Crippen LogP) is 2.58. The highest BCUT2D eigenvalue weighted by Gasteiger charge is 2.30. The smallest absolute Gasteiger partial charge is 0.150 e. The zero-order chi connectivity index (χ0) is 13.9. The molecule has 1 aromatic rings. The first-order valence-electron chi connectivity index (χ1n) is 6.63. The summed E-state index contributed by atoms with van der Waals surface area (Å²) in [5.41, 5.74) is 1.28. The zero-order valence-corrected chi connectivity index (χ0v) is 13.5. The van der Waals surface area contributed by atoms with E-state index in [-0.39, 0.29) is 0 Å². The molecular formula is C14H20BrNO2S. The third kappa shape index (κ3) is 3.80. The molecule has 19 heavy (non-hydrogen) atoms. The van der Waals surface area contributed by atoms with Gasteiger partial charge in [0.15, 0.2) is 0 Å². The number of benzene rings is 1. The van der Waals surface area contributed by atoms with E-state index in [9.17, 15) is 8.42 Å². The predicted molar refractivity (Wildman–Crippen MR) is 82.2 cm³/mol. The minimum Gasteiger partial charge on any atom is -0.319 e. The lowest BCUT2D eigenvalue weighted by atomic mass is 9.82. The van der Waals surface area contributed by atoms with Crippen LogP contribution in [-0.4, -0.2) is 33.5 Å². The number of sulfone groups is 1. The van der Waals surface area contributed by atoms with Crippen molar-refractivity contribution < 1.29 is 8.42 Å². The van der Waals surface area contributed by atoms with Gasteiger partial charge in [0.05, 0.1) is 11.5 Å². The van der Waals surface area contributed by atoms with E-state index in [2.05, 4.69) is 33.4 Å². The van der Waals surface area contributed by atoms with Gasteiger partial charge in [-0.15, -0.1) is 0 Å². The second-order valence-corrected chi connectivity index (χ2v) is 8.33. The zero-order valence-electron chi connectivity index (χ0n) is 11.1. The Bertz CT molecular complexity index is 516. The minimum atomic E-state index is -2.79. The number of hydrogen-bond acceptors (Lipinski definition) is 3. The maximum atomic E-state index is 11.6. The monoisotopic (exact) mass is 345 g/mol. The van der Waals surface area contributed by atoms with Crippen LogP contribution in [0.1, 0.15) is 24.3 Å². The molecule has 1 atom stereocenters. The normalized spacial score (nSPS) is 21.2. The summed E-state index contributed by atoms with van der Waals surface area (Å²) in [5.74, 6) is 1.48. The van der Waals surface area contributed by atoms with Crippen molar-refractivity contribution >= 4 is 25.8 Å². The van der Waals surface area contributed by atoms with Crippen molar-refractivity contribution in [2.24, 2.45) is 5.92 Å². The summed E-state index contributed by atoms with van der Waals surface area (Å²) >= 11 is 3.61. The third-order valence-corrected chi connectivity index (χ3v) is 6.33. The Labute approximate surface area is 123 Å². The van der Waals surface area contributed by atoms with Crippen molar-refractivity contribution in [1.82, 2.24) is 5.32 Å². The van der Waals surface area contributed by atoms with Crippen LogP contribution in [0.15, 0.2) is 28.7 Å². The van der Waals surface area contributed by atoms with Crippen LogP contribution in [0.2, 0.25) is 0 Å². The van der Waals surface area contributed by atoms with E-state index in [0.29, 0.717) is 23.3 Å². The molecule has 2 rings (SSSR count). The lowest BCUT2D eigenvalue weighted by Crippen LogP contribution is -2.31. The van der Waals surface area contributed by atoms with Gasteiger partial charge in [-0.1, -0.05) is 34.1 Å². The first kappa shape index (κ1) is 15.0. The summed E-state index contributed by atoms with van der Waals surface area (Å²) in [4.78, 5) is 0. The lowest BCUT2D eigenvalue weighted by molar-refractivity contribution is 0.375. The van der Waals surface area contributed by atoms with Gasteiger partial charge in [0.1, 0.15) is 9.84 Å². The molecule has 1 aliphatic heterocycles. The van der Waals surface area contributed by atoms with Crippen LogP contribution in [0.25, 0.3) is 0 Å². The van der Waals surface area contributed by atoms with Crippen molar-refractivity contribution in [2.75, 3.05) is 25.1 Å². The number of rotatable bonds is 4. The minimum absolute atomic E-state index is 0.336. The Kier molecular flexibility index (Phi) is 5.03. The largest absolute Gasteiger partial charge is 0.319 e. The molecule has 1 unspecified atom stereocenters. The van der Waals surface area contributed by atoms with Gasteiger partial charge in [0.2, 0.25) is 0 Å². The highest BCUT2D eigenvalue weighted by atomic mass is 79.9. The van der Waals surface area contributed by atoms with Crippen LogP contribution >= 0.6 is 15.9 Å². The molecule has 1 heterocycles. The SMILES string of the molecule is CNCC(c1ccccc1Br)C1CCS(=O)(=O)CC1. The number of nitrogens with one attached hydrogen (secondary N) is 1. The average molecular weight is 346 g/mol. The Morgan fingerprint density at radius 2 is 1.95 bits per heavy atom. The van der Waals surface area contributed by atoms with E-state index in [0.717, 1.165) is 23.9 Å². The molecule has 0 radical (unpaired) electrons. The molecule has 0 bridgehead atoms. The average Bonchev–Trinajstić information content (AvgIpc) is 2.38. The summed E-state index contributed by atoms with van der Waals surface area (Å²) in [5, 5.41) is 3.24. The van der Waals surface area contributed by atoms with E-state index < -0.39 is 9.84 Å². The van der Waals surface area contributed by atoms with Gasteiger partial charge in [0, 0.05) is 16.9 Å². The van der Waals surface area contributed by atoms with Crippen molar-refractivity contribution in [2.45, 2.75) is 18.8 Å². The molecule has 3 nitrogen and oxygen atoms in total. The molecule has 1 aromatic carbocycles. The van der Waals surface area contributed by atoms with Gasteiger partial charge >= 0.3 is 0 Å². The van der Waals surface area contributed by atoms with Crippen molar-refractivity contribution in [3.05, 3.63) is 34.3 Å². The van der Waals surface area contributed by atoms with E-state index in [1.165, 1.54) is 5.56 Å². The second kappa shape index (κ2) is 6.37. The fourth-order valence-corrected chi connectivity index (χ4v) is 4.94. The van der Waals surface area contributed by atoms with Crippen molar-refractivity contribution in [1.29, 1.82) is 0 Å². The van der Waals surface area contributed by atoms with E-state index in [1.807, 2.05) is 19.2 Å². The van der Waals surface area contributed by atoms with Crippen LogP contribution < -0.4 is 5.32 Å². The standard InChI is InChI=1S/C14H20BrNO2S/c1-16-10-13(12-4-2-3-5-14(12)15)11-6-8-19(17,18)9-7-11/h2-5,11,13,16H,6-10H2,1H3. The third-order valence-electron chi connectivity index (χ3n) is 3.90. The maximum Gasteiger partial charge on any atom is 0.150 e. The van der Waals surface area contributed by atoms with Crippen LogP contribution in [0.3, 0.4) is 0 Å². The molecular weight excluding hydrogens is 326 g/mol. The molecule has 5 heteroatoms. The quantitative estimate of drug-likeness (QED) is 0.912. The van der Waals surface area contributed by atoms with Crippen molar-refractivity contribution in [3.63, 3.8) is 0 Å². The van der Waals surface area contributed by atoms with Crippen molar-refractivity contribution in [3.8, 4) is 0 Å². The molecule has 0 spiro atoms. The Balaban J connectivity index is 2.19. The topological polar surface area (TPSA) is 46.2 Å². The van der Waals surface area contributed by atoms with Gasteiger partial charge < -0.3 is 5.32 Å². The number of likely N-dealkylation sites (N-methyl/N-ethyl adjacent to an activating group) is 1. The molecule has 0 aromatic heterocycles. The summed E-state index contributed by atoms with van der Waals surface area (Å²) in [7, 11) is -0.841. The molecule has 1 saturated heterocycles. The van der Waals surface area contributed by atoms with Crippen LogP contribution in [-0.2, 0) is 9.84 Å². The summed E-state index contributed by atoms with van der Waals surface area (Å²) in [6, 6.07) is 8.24. The molecule has 106 valence electrons.